The summed E-state index contributed by atoms with van der Waals surface area (Å²) in [6.45, 7) is 2.87. The van der Waals surface area contributed by atoms with Gasteiger partial charge in [-0.2, -0.15) is 0 Å². The Balaban J connectivity index is 1.32. The van der Waals surface area contributed by atoms with Gasteiger partial charge in [-0.1, -0.05) is 42.5 Å². The molecule has 0 spiro atoms. The minimum atomic E-state index is 0.142. The van der Waals surface area contributed by atoms with Gasteiger partial charge in [-0.15, -0.1) is 11.3 Å². The van der Waals surface area contributed by atoms with Gasteiger partial charge >= 0.3 is 0 Å². The van der Waals surface area contributed by atoms with Gasteiger partial charge in [-0.25, -0.2) is 4.98 Å². The zero-order valence-electron chi connectivity index (χ0n) is 14.6. The number of rotatable bonds is 4. The van der Waals surface area contributed by atoms with Crippen molar-refractivity contribution in [2.24, 2.45) is 5.92 Å². The number of benzene rings is 2. The van der Waals surface area contributed by atoms with E-state index in [0.717, 1.165) is 49.7 Å². The first-order chi connectivity index (χ1) is 12.8. The second-order valence-electron chi connectivity index (χ2n) is 7.25. The normalized spacial score (nSPS) is 17.2. The maximum atomic E-state index is 12.0. The van der Waals surface area contributed by atoms with Gasteiger partial charge in [0.25, 0.3) is 0 Å². The minimum Gasteiger partial charge on any atom is -0.302 e. The molecule has 1 aliphatic heterocycles. The molecule has 4 nitrogen and oxygen atoms in total. The van der Waals surface area contributed by atoms with Crippen molar-refractivity contribution in [1.29, 1.82) is 0 Å². The van der Waals surface area contributed by atoms with Crippen LogP contribution in [0.25, 0.3) is 10.8 Å². The summed E-state index contributed by atoms with van der Waals surface area (Å²) in [6, 6.07) is 15.1. The second kappa shape index (κ2) is 6.49. The van der Waals surface area contributed by atoms with Gasteiger partial charge in [0, 0.05) is 36.9 Å². The van der Waals surface area contributed by atoms with Crippen LogP contribution in [0.2, 0.25) is 0 Å². The molecule has 132 valence electrons. The predicted octanol–water partition coefficient (Wildman–Crippen LogP) is 4.20. The van der Waals surface area contributed by atoms with Crippen molar-refractivity contribution in [3.8, 4) is 0 Å². The summed E-state index contributed by atoms with van der Waals surface area (Å²) in [5, 5.41) is 6.41. The molecule has 5 heteroatoms. The molecule has 1 N–H and O–H groups in total. The van der Waals surface area contributed by atoms with Crippen molar-refractivity contribution < 1.29 is 4.79 Å². The first kappa shape index (κ1) is 16.0. The Hall–Kier alpha value is -2.24. The molecule has 2 heterocycles. The lowest BCUT2D eigenvalue weighted by Crippen LogP contribution is -2.29. The maximum absolute atomic E-state index is 12.0. The monoisotopic (exact) mass is 363 g/mol. The Bertz CT molecular complexity index is 971. The molecule has 0 radical (unpaired) electrons. The number of carbonyl (C=O) groups excluding carboxylic acids is 1. The Labute approximate surface area is 156 Å². The molecular weight excluding hydrogens is 342 g/mol. The SMILES string of the molecule is O=C(Nc1nc2c(s1)CN(Cc1cccc3ccccc13)CC2)C1CC1. The summed E-state index contributed by atoms with van der Waals surface area (Å²) >= 11 is 1.64. The Morgan fingerprint density at radius 1 is 1.19 bits per heavy atom. The molecule has 0 atom stereocenters. The van der Waals surface area contributed by atoms with Crippen molar-refractivity contribution in [3.63, 3.8) is 0 Å². The fraction of sp³-hybridized carbons (Fsp3) is 0.333. The van der Waals surface area contributed by atoms with E-state index in [2.05, 4.69) is 57.7 Å². The van der Waals surface area contributed by atoms with Crippen molar-refractivity contribution in [3.05, 3.63) is 58.6 Å². The summed E-state index contributed by atoms with van der Waals surface area (Å²) < 4.78 is 0. The fourth-order valence-electron chi connectivity index (χ4n) is 3.66. The smallest absolute Gasteiger partial charge is 0.229 e. The molecule has 1 amide bonds. The van der Waals surface area contributed by atoms with Gasteiger partial charge in [0.2, 0.25) is 5.91 Å². The number of carbonyl (C=O) groups is 1. The van der Waals surface area contributed by atoms with Crippen molar-refractivity contribution in [2.45, 2.75) is 32.4 Å². The third-order valence-electron chi connectivity index (χ3n) is 5.26. The molecule has 3 aromatic rings. The number of thiazole rings is 1. The summed E-state index contributed by atoms with van der Waals surface area (Å²) in [6.07, 6.45) is 3.00. The van der Waals surface area contributed by atoms with E-state index in [4.69, 9.17) is 0 Å². The van der Waals surface area contributed by atoms with E-state index >= 15 is 0 Å². The van der Waals surface area contributed by atoms with Crippen LogP contribution in [-0.4, -0.2) is 22.3 Å². The van der Waals surface area contributed by atoms with Crippen LogP contribution >= 0.6 is 11.3 Å². The van der Waals surface area contributed by atoms with Crippen molar-refractivity contribution >= 4 is 33.1 Å². The molecule has 1 aliphatic carbocycles. The molecule has 26 heavy (non-hydrogen) atoms. The van der Waals surface area contributed by atoms with Gasteiger partial charge in [0.15, 0.2) is 5.13 Å². The predicted molar refractivity (Wildman–Crippen MR) is 105 cm³/mol. The molecule has 1 saturated carbocycles. The summed E-state index contributed by atoms with van der Waals surface area (Å²) in [4.78, 5) is 20.4. The molecule has 1 fully saturated rings. The van der Waals surface area contributed by atoms with Gasteiger partial charge in [0.1, 0.15) is 0 Å². The van der Waals surface area contributed by atoms with E-state index < -0.39 is 0 Å². The number of nitrogens with one attached hydrogen (secondary N) is 1. The number of fused-ring (bicyclic) bond motifs is 2. The van der Waals surface area contributed by atoms with E-state index in [1.54, 1.807) is 11.3 Å². The van der Waals surface area contributed by atoms with Crippen LogP contribution in [0.5, 0.6) is 0 Å². The lowest BCUT2D eigenvalue weighted by atomic mass is 10.0. The van der Waals surface area contributed by atoms with Gasteiger partial charge in [-0.05, 0) is 29.2 Å². The second-order valence-corrected chi connectivity index (χ2v) is 8.33. The zero-order valence-corrected chi connectivity index (χ0v) is 15.4. The van der Waals surface area contributed by atoms with E-state index in [1.807, 2.05) is 0 Å². The highest BCUT2D eigenvalue weighted by Crippen LogP contribution is 2.33. The van der Waals surface area contributed by atoms with Gasteiger partial charge in [-0.3, -0.25) is 9.69 Å². The lowest BCUT2D eigenvalue weighted by Gasteiger charge is -2.26. The highest BCUT2D eigenvalue weighted by Gasteiger charge is 2.30. The average molecular weight is 363 g/mol. The molecule has 2 aromatic carbocycles. The highest BCUT2D eigenvalue weighted by atomic mass is 32.1. The van der Waals surface area contributed by atoms with Gasteiger partial charge in [0.05, 0.1) is 5.69 Å². The largest absolute Gasteiger partial charge is 0.302 e. The number of hydrogen-bond acceptors (Lipinski definition) is 4. The Kier molecular flexibility index (Phi) is 3.98. The van der Waals surface area contributed by atoms with E-state index in [1.165, 1.54) is 21.2 Å². The van der Waals surface area contributed by atoms with Crippen LogP contribution < -0.4 is 5.32 Å². The van der Waals surface area contributed by atoms with Crippen LogP contribution in [0, 0.1) is 5.92 Å². The molecule has 0 saturated heterocycles. The van der Waals surface area contributed by atoms with Crippen LogP contribution in [0.1, 0.15) is 29.0 Å². The standard InChI is InChI=1S/C21H21N3OS/c25-20(15-8-9-15)23-21-22-18-10-11-24(13-19(18)26-21)12-16-6-3-5-14-4-1-2-7-17(14)16/h1-7,15H,8-13H2,(H,22,23,25). The topological polar surface area (TPSA) is 45.2 Å². The van der Waals surface area contributed by atoms with Crippen LogP contribution in [0.3, 0.4) is 0 Å². The van der Waals surface area contributed by atoms with E-state index in [-0.39, 0.29) is 11.8 Å². The van der Waals surface area contributed by atoms with Crippen LogP contribution in [0.15, 0.2) is 42.5 Å². The summed E-state index contributed by atoms with van der Waals surface area (Å²) in [5.74, 6) is 0.363. The molecule has 1 aromatic heterocycles. The third kappa shape index (κ3) is 3.13. The van der Waals surface area contributed by atoms with E-state index in [0.29, 0.717) is 0 Å². The number of hydrogen-bond donors (Lipinski definition) is 1. The molecule has 0 bridgehead atoms. The van der Waals surface area contributed by atoms with Crippen LogP contribution in [-0.2, 0) is 24.3 Å². The first-order valence-corrected chi connectivity index (χ1v) is 10.1. The number of amides is 1. The quantitative estimate of drug-likeness (QED) is 0.755. The lowest BCUT2D eigenvalue weighted by molar-refractivity contribution is -0.117. The molecule has 5 rings (SSSR count). The molecule has 0 unspecified atom stereocenters. The first-order valence-electron chi connectivity index (χ1n) is 9.25. The maximum Gasteiger partial charge on any atom is 0.229 e. The van der Waals surface area contributed by atoms with E-state index in [9.17, 15) is 4.79 Å². The minimum absolute atomic E-state index is 0.142. The van der Waals surface area contributed by atoms with Crippen molar-refractivity contribution in [1.82, 2.24) is 9.88 Å². The highest BCUT2D eigenvalue weighted by molar-refractivity contribution is 7.15. The Morgan fingerprint density at radius 2 is 2.04 bits per heavy atom. The van der Waals surface area contributed by atoms with Crippen molar-refractivity contribution in [2.75, 3.05) is 11.9 Å². The zero-order chi connectivity index (χ0) is 17.5. The Morgan fingerprint density at radius 3 is 2.92 bits per heavy atom. The third-order valence-corrected chi connectivity index (χ3v) is 6.26. The number of aromatic nitrogens is 1. The molecular formula is C21H21N3OS. The molecule has 2 aliphatic rings. The summed E-state index contributed by atoms with van der Waals surface area (Å²) in [7, 11) is 0. The van der Waals surface area contributed by atoms with Gasteiger partial charge < -0.3 is 5.32 Å². The summed E-state index contributed by atoms with van der Waals surface area (Å²) in [5.41, 5.74) is 2.54. The fourth-order valence-corrected chi connectivity index (χ4v) is 4.71. The number of anilines is 1. The van der Waals surface area contributed by atoms with Crippen LogP contribution in [0.4, 0.5) is 5.13 Å². The number of nitrogens with zero attached hydrogens (tertiary/aromatic N) is 2. The average Bonchev–Trinajstić information content (AvgIpc) is 3.43.